The maximum Gasteiger partial charge on any atom is 0.279 e. The van der Waals surface area contributed by atoms with Crippen LogP contribution in [-0.4, -0.2) is 25.1 Å². The molecule has 0 spiro atoms. The van der Waals surface area contributed by atoms with Crippen LogP contribution < -0.4 is 0 Å². The van der Waals surface area contributed by atoms with Gasteiger partial charge in [-0.15, -0.1) is 0 Å². The molecule has 86 valence electrons. The summed E-state index contributed by atoms with van der Waals surface area (Å²) in [5.74, 6) is 0. The number of benzene rings is 1. The molecule has 4 nitrogen and oxygen atoms in total. The van der Waals surface area contributed by atoms with Crippen LogP contribution in [0.1, 0.15) is 18.9 Å². The lowest BCUT2D eigenvalue weighted by Crippen LogP contribution is -2.23. The van der Waals surface area contributed by atoms with Gasteiger partial charge in [-0.1, -0.05) is 17.7 Å². The van der Waals surface area contributed by atoms with Gasteiger partial charge in [0.15, 0.2) is 0 Å². The molecule has 0 fully saturated rings. The summed E-state index contributed by atoms with van der Waals surface area (Å²) in [6.07, 6.45) is 0.713. The molecule has 0 saturated carbocycles. The van der Waals surface area contributed by atoms with Gasteiger partial charge in [0.2, 0.25) is 0 Å². The Kier molecular flexibility index (Phi) is 2.71. The SMILES string of the molecule is CC1=NN(S(=O)(=O)c2ccc(C)cc2)CC1. The topological polar surface area (TPSA) is 49.7 Å². The third-order valence-corrected chi connectivity index (χ3v) is 4.23. The van der Waals surface area contributed by atoms with E-state index in [0.717, 1.165) is 11.3 Å². The molecule has 1 aliphatic heterocycles. The second kappa shape index (κ2) is 3.90. The third kappa shape index (κ3) is 1.95. The van der Waals surface area contributed by atoms with E-state index >= 15 is 0 Å². The molecule has 0 aliphatic carbocycles. The Hall–Kier alpha value is -1.36. The number of hydrogen-bond donors (Lipinski definition) is 0. The highest BCUT2D eigenvalue weighted by molar-refractivity contribution is 7.89. The standard InChI is InChI=1S/C11H14N2O2S/c1-9-3-5-11(6-4-9)16(14,15)13-8-7-10(2)12-13/h3-6H,7-8H2,1-2H3. The summed E-state index contributed by atoms with van der Waals surface area (Å²) in [4.78, 5) is 0.302. The second-order valence-corrected chi connectivity index (χ2v) is 5.79. The van der Waals surface area contributed by atoms with E-state index in [9.17, 15) is 8.42 Å². The first-order valence-corrected chi connectivity index (χ1v) is 6.57. The number of rotatable bonds is 2. The fraction of sp³-hybridized carbons (Fsp3) is 0.364. The van der Waals surface area contributed by atoms with Gasteiger partial charge >= 0.3 is 0 Å². The monoisotopic (exact) mass is 238 g/mol. The molecule has 1 aromatic carbocycles. The number of sulfonamides is 1. The average Bonchev–Trinajstić information content (AvgIpc) is 2.66. The predicted octanol–water partition coefficient (Wildman–Crippen LogP) is 1.77. The molecular formula is C11H14N2O2S. The van der Waals surface area contributed by atoms with Crippen molar-refractivity contribution in [2.75, 3.05) is 6.54 Å². The van der Waals surface area contributed by atoms with E-state index in [1.54, 1.807) is 24.3 Å². The van der Waals surface area contributed by atoms with E-state index in [-0.39, 0.29) is 0 Å². The Balaban J connectivity index is 2.36. The van der Waals surface area contributed by atoms with Gasteiger partial charge in [-0.3, -0.25) is 0 Å². The molecule has 0 aromatic heterocycles. The van der Waals surface area contributed by atoms with Gasteiger partial charge < -0.3 is 0 Å². The zero-order valence-electron chi connectivity index (χ0n) is 9.34. The molecule has 0 atom stereocenters. The van der Waals surface area contributed by atoms with Crippen molar-refractivity contribution in [2.24, 2.45) is 5.10 Å². The molecule has 0 N–H and O–H groups in total. The van der Waals surface area contributed by atoms with Gasteiger partial charge in [0.1, 0.15) is 0 Å². The lowest BCUT2D eigenvalue weighted by molar-refractivity contribution is 0.461. The fourth-order valence-corrected chi connectivity index (χ4v) is 2.86. The Labute approximate surface area is 95.6 Å². The normalized spacial score (nSPS) is 16.4. The van der Waals surface area contributed by atoms with Crippen molar-refractivity contribution in [3.05, 3.63) is 29.8 Å². The van der Waals surface area contributed by atoms with Crippen molar-refractivity contribution >= 4 is 15.7 Å². The first-order valence-electron chi connectivity index (χ1n) is 5.13. The molecule has 0 radical (unpaired) electrons. The molecule has 1 aliphatic rings. The smallest absolute Gasteiger partial charge is 0.200 e. The average molecular weight is 238 g/mol. The number of hydrazone groups is 1. The van der Waals surface area contributed by atoms with Gasteiger partial charge in [-0.05, 0) is 26.0 Å². The van der Waals surface area contributed by atoms with Crippen LogP contribution in [-0.2, 0) is 10.0 Å². The van der Waals surface area contributed by atoms with Crippen molar-refractivity contribution in [2.45, 2.75) is 25.2 Å². The number of aryl methyl sites for hydroxylation is 1. The molecule has 5 heteroatoms. The van der Waals surface area contributed by atoms with Crippen LogP contribution in [0.2, 0.25) is 0 Å². The summed E-state index contributed by atoms with van der Waals surface area (Å²) >= 11 is 0. The van der Waals surface area contributed by atoms with Crippen LogP contribution >= 0.6 is 0 Å². The highest BCUT2D eigenvalue weighted by Crippen LogP contribution is 2.20. The maximum absolute atomic E-state index is 12.1. The van der Waals surface area contributed by atoms with Crippen LogP contribution in [0.25, 0.3) is 0 Å². The van der Waals surface area contributed by atoms with E-state index in [1.807, 2.05) is 13.8 Å². The summed E-state index contributed by atoms with van der Waals surface area (Å²) in [6.45, 7) is 4.21. The van der Waals surface area contributed by atoms with Gasteiger partial charge in [0.25, 0.3) is 10.0 Å². The van der Waals surface area contributed by atoms with E-state index in [4.69, 9.17) is 0 Å². The Morgan fingerprint density at radius 1 is 1.19 bits per heavy atom. The molecule has 0 saturated heterocycles. The molecule has 1 aromatic rings. The van der Waals surface area contributed by atoms with Crippen LogP contribution in [0.3, 0.4) is 0 Å². The van der Waals surface area contributed by atoms with E-state index < -0.39 is 10.0 Å². The van der Waals surface area contributed by atoms with Crippen molar-refractivity contribution in [3.63, 3.8) is 0 Å². The lowest BCUT2D eigenvalue weighted by atomic mass is 10.2. The molecule has 0 unspecified atom stereocenters. The van der Waals surface area contributed by atoms with Crippen LogP contribution in [0, 0.1) is 6.92 Å². The van der Waals surface area contributed by atoms with Crippen LogP contribution in [0.15, 0.2) is 34.3 Å². The van der Waals surface area contributed by atoms with E-state index in [2.05, 4.69) is 5.10 Å². The van der Waals surface area contributed by atoms with Gasteiger partial charge in [-0.2, -0.15) is 17.9 Å². The molecule has 1 heterocycles. The summed E-state index contributed by atoms with van der Waals surface area (Å²) in [6, 6.07) is 6.82. The van der Waals surface area contributed by atoms with Gasteiger partial charge in [0, 0.05) is 12.1 Å². The summed E-state index contributed by atoms with van der Waals surface area (Å²) in [5, 5.41) is 4.02. The summed E-state index contributed by atoms with van der Waals surface area (Å²) < 4.78 is 25.4. The van der Waals surface area contributed by atoms with Crippen molar-refractivity contribution < 1.29 is 8.42 Å². The van der Waals surface area contributed by atoms with Crippen molar-refractivity contribution in [1.82, 2.24) is 4.41 Å². The lowest BCUT2D eigenvalue weighted by Gasteiger charge is -2.14. The minimum absolute atomic E-state index is 0.302. The van der Waals surface area contributed by atoms with Crippen molar-refractivity contribution in [3.8, 4) is 0 Å². The minimum Gasteiger partial charge on any atom is -0.200 e. The Bertz CT molecular complexity index is 517. The Morgan fingerprint density at radius 3 is 2.31 bits per heavy atom. The zero-order chi connectivity index (χ0) is 11.8. The maximum atomic E-state index is 12.1. The van der Waals surface area contributed by atoms with E-state index in [0.29, 0.717) is 17.9 Å². The fourth-order valence-electron chi connectivity index (χ4n) is 1.55. The molecule has 2 rings (SSSR count). The van der Waals surface area contributed by atoms with Crippen LogP contribution in [0.5, 0.6) is 0 Å². The summed E-state index contributed by atoms with van der Waals surface area (Å²) in [7, 11) is -3.44. The third-order valence-electron chi connectivity index (χ3n) is 2.54. The highest BCUT2D eigenvalue weighted by atomic mass is 32.2. The predicted molar refractivity (Wildman–Crippen MR) is 62.8 cm³/mol. The second-order valence-electron chi connectivity index (χ2n) is 3.95. The Morgan fingerprint density at radius 2 is 1.81 bits per heavy atom. The first-order chi connectivity index (χ1) is 7.50. The molecule has 0 bridgehead atoms. The zero-order valence-corrected chi connectivity index (χ0v) is 10.2. The number of hydrogen-bond acceptors (Lipinski definition) is 3. The largest absolute Gasteiger partial charge is 0.279 e. The molecular weight excluding hydrogens is 224 g/mol. The van der Waals surface area contributed by atoms with Crippen molar-refractivity contribution in [1.29, 1.82) is 0 Å². The van der Waals surface area contributed by atoms with Gasteiger partial charge in [-0.25, -0.2) is 0 Å². The van der Waals surface area contributed by atoms with Gasteiger partial charge in [0.05, 0.1) is 11.4 Å². The highest BCUT2D eigenvalue weighted by Gasteiger charge is 2.26. The molecule has 16 heavy (non-hydrogen) atoms. The first kappa shape index (κ1) is 11.1. The minimum atomic E-state index is -3.44. The number of nitrogens with zero attached hydrogens (tertiary/aromatic N) is 2. The molecule has 0 amide bonds. The van der Waals surface area contributed by atoms with Crippen LogP contribution in [0.4, 0.5) is 0 Å². The summed E-state index contributed by atoms with van der Waals surface area (Å²) in [5.41, 5.74) is 1.90. The quantitative estimate of drug-likeness (QED) is 0.788. The van der Waals surface area contributed by atoms with E-state index in [1.165, 1.54) is 4.41 Å².